The summed E-state index contributed by atoms with van der Waals surface area (Å²) in [6.07, 6.45) is 1.59. The lowest BCUT2D eigenvalue weighted by Crippen LogP contribution is -2.52. The Morgan fingerprint density at radius 3 is 2.67 bits per heavy atom. The molecule has 27 heavy (non-hydrogen) atoms. The molecule has 0 bridgehead atoms. The van der Waals surface area contributed by atoms with E-state index in [9.17, 15) is 14.4 Å². The monoisotopic (exact) mass is 370 g/mol. The number of piperidine rings is 1. The number of amides is 3. The van der Waals surface area contributed by atoms with Crippen LogP contribution in [0.15, 0.2) is 18.2 Å². The molecule has 2 atom stereocenters. The fourth-order valence-corrected chi connectivity index (χ4v) is 4.48. The van der Waals surface area contributed by atoms with E-state index in [0.717, 1.165) is 24.1 Å². The number of carbonyl (C=O) groups excluding carboxylic acids is 3. The number of hydrogen-bond acceptors (Lipinski definition) is 5. The van der Waals surface area contributed by atoms with E-state index in [-0.39, 0.29) is 35.7 Å². The van der Waals surface area contributed by atoms with E-state index < -0.39 is 6.04 Å². The van der Waals surface area contributed by atoms with Gasteiger partial charge in [-0.15, -0.1) is 0 Å². The average Bonchev–Trinajstić information content (AvgIpc) is 3.07. The van der Waals surface area contributed by atoms with Crippen molar-refractivity contribution in [1.29, 1.82) is 0 Å². The highest BCUT2D eigenvalue weighted by atomic mass is 16.2. The summed E-state index contributed by atoms with van der Waals surface area (Å²) >= 11 is 0. The lowest BCUT2D eigenvalue weighted by molar-refractivity contribution is -0.136. The van der Waals surface area contributed by atoms with Gasteiger partial charge in [0.2, 0.25) is 11.8 Å². The molecule has 3 heterocycles. The van der Waals surface area contributed by atoms with Gasteiger partial charge in [0.25, 0.3) is 5.91 Å². The zero-order valence-electron chi connectivity index (χ0n) is 15.8. The van der Waals surface area contributed by atoms with Gasteiger partial charge in [0, 0.05) is 43.2 Å². The minimum atomic E-state index is -0.577. The van der Waals surface area contributed by atoms with Gasteiger partial charge in [-0.25, -0.2) is 0 Å². The zero-order chi connectivity index (χ0) is 19.3. The molecule has 0 aliphatic carbocycles. The van der Waals surface area contributed by atoms with Crippen molar-refractivity contribution in [1.82, 2.24) is 15.1 Å². The van der Waals surface area contributed by atoms with E-state index in [1.54, 1.807) is 4.90 Å². The van der Waals surface area contributed by atoms with E-state index >= 15 is 0 Å². The molecule has 0 radical (unpaired) electrons. The summed E-state index contributed by atoms with van der Waals surface area (Å²) in [5, 5.41) is 2.35. The van der Waals surface area contributed by atoms with Crippen molar-refractivity contribution in [3.05, 3.63) is 34.9 Å². The highest BCUT2D eigenvalue weighted by molar-refractivity contribution is 6.05. The van der Waals surface area contributed by atoms with Crippen molar-refractivity contribution in [3.8, 4) is 0 Å². The molecule has 144 valence electrons. The molecule has 3 aliphatic heterocycles. The van der Waals surface area contributed by atoms with Crippen molar-refractivity contribution < 1.29 is 14.4 Å². The second-order valence-corrected chi connectivity index (χ2v) is 8.32. The van der Waals surface area contributed by atoms with Crippen LogP contribution in [0.5, 0.6) is 0 Å². The number of imide groups is 1. The van der Waals surface area contributed by atoms with E-state index in [4.69, 9.17) is 5.73 Å². The van der Waals surface area contributed by atoms with Gasteiger partial charge < -0.3 is 10.6 Å². The summed E-state index contributed by atoms with van der Waals surface area (Å²) in [6, 6.07) is 5.45. The van der Waals surface area contributed by atoms with Crippen molar-refractivity contribution in [2.24, 2.45) is 5.73 Å². The fraction of sp³-hybridized carbons (Fsp3) is 0.550. The summed E-state index contributed by atoms with van der Waals surface area (Å²) in [4.78, 5) is 40.7. The Bertz CT molecular complexity index is 819. The highest BCUT2D eigenvalue weighted by Crippen LogP contribution is 2.34. The first-order chi connectivity index (χ1) is 12.8. The number of rotatable bonds is 3. The van der Waals surface area contributed by atoms with Gasteiger partial charge in [0.15, 0.2) is 0 Å². The molecule has 3 amide bonds. The van der Waals surface area contributed by atoms with Crippen molar-refractivity contribution in [2.75, 3.05) is 6.54 Å². The average molecular weight is 370 g/mol. The van der Waals surface area contributed by atoms with Crippen LogP contribution < -0.4 is 11.1 Å². The Morgan fingerprint density at radius 2 is 2.00 bits per heavy atom. The standard InChI is InChI=1S/C20H26N4O3/c1-20(2)15(21)8-9-23(20)10-12-4-3-5-13-11-24(19(27)17(12)13)14-6-7-16(25)22-18(14)26/h3-5,14-15H,6-11,21H2,1-2H3,(H,22,25,26). The fourth-order valence-electron chi connectivity index (χ4n) is 4.48. The molecule has 0 aromatic heterocycles. The van der Waals surface area contributed by atoms with Crippen molar-refractivity contribution in [3.63, 3.8) is 0 Å². The predicted molar refractivity (Wildman–Crippen MR) is 99.6 cm³/mol. The minimum absolute atomic E-state index is 0.114. The van der Waals surface area contributed by atoms with Gasteiger partial charge in [-0.05, 0) is 37.8 Å². The molecule has 3 aliphatic rings. The van der Waals surface area contributed by atoms with Crippen LogP contribution in [0.2, 0.25) is 0 Å². The quantitative estimate of drug-likeness (QED) is 0.766. The Labute approximate surface area is 158 Å². The summed E-state index contributed by atoms with van der Waals surface area (Å²) in [6.45, 7) is 6.27. The third-order valence-electron chi connectivity index (χ3n) is 6.43. The lowest BCUT2D eigenvalue weighted by atomic mass is 9.95. The van der Waals surface area contributed by atoms with Gasteiger partial charge in [-0.3, -0.25) is 24.6 Å². The molecule has 0 spiro atoms. The Morgan fingerprint density at radius 1 is 1.22 bits per heavy atom. The molecule has 0 saturated carbocycles. The molecule has 2 fully saturated rings. The minimum Gasteiger partial charge on any atom is -0.326 e. The molecular formula is C20H26N4O3. The number of fused-ring (bicyclic) bond motifs is 1. The van der Waals surface area contributed by atoms with Crippen molar-refractivity contribution in [2.45, 2.75) is 63.8 Å². The topological polar surface area (TPSA) is 95.7 Å². The number of carbonyl (C=O) groups is 3. The smallest absolute Gasteiger partial charge is 0.255 e. The Kier molecular flexibility index (Phi) is 4.31. The van der Waals surface area contributed by atoms with Gasteiger partial charge in [-0.2, -0.15) is 0 Å². The van der Waals surface area contributed by atoms with Crippen LogP contribution in [0.4, 0.5) is 0 Å². The third-order valence-corrected chi connectivity index (χ3v) is 6.43. The molecule has 1 aromatic carbocycles. The zero-order valence-corrected chi connectivity index (χ0v) is 15.8. The molecule has 7 nitrogen and oxygen atoms in total. The number of nitrogens with zero attached hydrogens (tertiary/aromatic N) is 2. The Balaban J connectivity index is 1.59. The first-order valence-corrected chi connectivity index (χ1v) is 9.55. The molecule has 2 unspecified atom stereocenters. The summed E-state index contributed by atoms with van der Waals surface area (Å²) < 4.78 is 0. The van der Waals surface area contributed by atoms with Crippen LogP contribution in [0, 0.1) is 0 Å². The van der Waals surface area contributed by atoms with Gasteiger partial charge in [0.05, 0.1) is 0 Å². The van der Waals surface area contributed by atoms with Crippen LogP contribution in [-0.2, 0) is 22.7 Å². The second-order valence-electron chi connectivity index (χ2n) is 8.32. The summed E-state index contributed by atoms with van der Waals surface area (Å²) in [5.74, 6) is -0.759. The number of benzene rings is 1. The van der Waals surface area contributed by atoms with Crippen LogP contribution in [0.3, 0.4) is 0 Å². The van der Waals surface area contributed by atoms with E-state index in [0.29, 0.717) is 25.1 Å². The molecule has 3 N–H and O–H groups in total. The first kappa shape index (κ1) is 18.1. The van der Waals surface area contributed by atoms with Gasteiger partial charge in [0.1, 0.15) is 6.04 Å². The van der Waals surface area contributed by atoms with Crippen molar-refractivity contribution >= 4 is 17.7 Å². The third kappa shape index (κ3) is 2.95. The van der Waals surface area contributed by atoms with Gasteiger partial charge >= 0.3 is 0 Å². The largest absolute Gasteiger partial charge is 0.326 e. The van der Waals surface area contributed by atoms with E-state index in [1.807, 2.05) is 18.2 Å². The molecule has 2 saturated heterocycles. The molecule has 1 aromatic rings. The second kappa shape index (κ2) is 6.42. The van der Waals surface area contributed by atoms with E-state index in [1.165, 1.54) is 0 Å². The SMILES string of the molecule is CC1(C)C(N)CCN1Cc1cccc2c1C(=O)N(C1CCC(=O)NC1=O)C2. The maximum Gasteiger partial charge on any atom is 0.255 e. The van der Waals surface area contributed by atoms with Crippen LogP contribution >= 0.6 is 0 Å². The maximum absolute atomic E-state index is 13.2. The predicted octanol–water partition coefficient (Wildman–Crippen LogP) is 0.759. The number of hydrogen-bond donors (Lipinski definition) is 2. The molecular weight excluding hydrogens is 344 g/mol. The number of nitrogens with one attached hydrogen (secondary N) is 1. The van der Waals surface area contributed by atoms with Gasteiger partial charge in [-0.1, -0.05) is 18.2 Å². The summed E-state index contributed by atoms with van der Waals surface area (Å²) in [7, 11) is 0. The number of likely N-dealkylation sites (tertiary alicyclic amines) is 1. The number of nitrogens with two attached hydrogens (primary N) is 1. The Hall–Kier alpha value is -2.25. The molecule has 7 heteroatoms. The lowest BCUT2D eigenvalue weighted by Gasteiger charge is -2.35. The molecule has 4 rings (SSSR count). The van der Waals surface area contributed by atoms with Crippen LogP contribution in [0.1, 0.15) is 54.6 Å². The first-order valence-electron chi connectivity index (χ1n) is 9.55. The summed E-state index contributed by atoms with van der Waals surface area (Å²) in [5.41, 5.74) is 8.77. The van der Waals surface area contributed by atoms with Crippen LogP contribution in [-0.4, -0.2) is 51.7 Å². The maximum atomic E-state index is 13.2. The van der Waals surface area contributed by atoms with E-state index in [2.05, 4.69) is 24.1 Å². The van der Waals surface area contributed by atoms with Crippen LogP contribution in [0.25, 0.3) is 0 Å². The normalized spacial score (nSPS) is 27.8. The highest BCUT2D eigenvalue weighted by Gasteiger charge is 2.42.